The standard InChI is InChI=1S/C17H13Br2NO3/c1-22-15-4-3-10(7-16(15)23-2)12(9-20)5-11-6-13(18)8-14(19)17(11)21/h3-8,21H,1-2H3/b12-5+. The van der Waals surface area contributed by atoms with Crippen molar-refractivity contribution in [2.24, 2.45) is 0 Å². The molecule has 0 amide bonds. The summed E-state index contributed by atoms with van der Waals surface area (Å²) in [7, 11) is 3.09. The summed E-state index contributed by atoms with van der Waals surface area (Å²) in [5.74, 6) is 1.19. The van der Waals surface area contributed by atoms with Gasteiger partial charge in [-0.3, -0.25) is 0 Å². The molecule has 0 fully saturated rings. The second-order valence-corrected chi connectivity index (χ2v) is 6.34. The Morgan fingerprint density at radius 1 is 1.13 bits per heavy atom. The van der Waals surface area contributed by atoms with Crippen LogP contribution in [-0.2, 0) is 0 Å². The van der Waals surface area contributed by atoms with Gasteiger partial charge in [0.1, 0.15) is 5.75 Å². The minimum Gasteiger partial charge on any atom is -0.506 e. The number of phenolic OH excluding ortho intramolecular Hbond substituents is 1. The summed E-state index contributed by atoms with van der Waals surface area (Å²) in [6.45, 7) is 0. The summed E-state index contributed by atoms with van der Waals surface area (Å²) in [4.78, 5) is 0. The van der Waals surface area contributed by atoms with E-state index in [1.807, 2.05) is 0 Å². The van der Waals surface area contributed by atoms with Crippen molar-refractivity contribution in [3.8, 4) is 23.3 Å². The molecular formula is C17H13Br2NO3. The van der Waals surface area contributed by atoms with Crippen LogP contribution in [-0.4, -0.2) is 19.3 Å². The molecule has 0 saturated heterocycles. The fourth-order valence-corrected chi connectivity index (χ4v) is 3.29. The summed E-state index contributed by atoms with van der Waals surface area (Å²) in [6, 6.07) is 10.8. The fourth-order valence-electron chi connectivity index (χ4n) is 2.04. The summed E-state index contributed by atoms with van der Waals surface area (Å²) >= 11 is 6.65. The van der Waals surface area contributed by atoms with Crippen LogP contribution < -0.4 is 9.47 Å². The largest absolute Gasteiger partial charge is 0.506 e. The number of hydrogen-bond acceptors (Lipinski definition) is 4. The number of rotatable bonds is 4. The Balaban J connectivity index is 2.55. The lowest BCUT2D eigenvalue weighted by Gasteiger charge is -2.09. The molecule has 0 aromatic heterocycles. The third kappa shape index (κ3) is 3.87. The first-order valence-corrected chi connectivity index (χ1v) is 8.11. The number of benzene rings is 2. The number of allylic oxidation sites excluding steroid dienone is 1. The summed E-state index contributed by atoms with van der Waals surface area (Å²) in [5, 5.41) is 19.6. The average molecular weight is 439 g/mol. The topological polar surface area (TPSA) is 62.5 Å². The van der Waals surface area contributed by atoms with E-state index in [1.165, 1.54) is 7.11 Å². The van der Waals surface area contributed by atoms with Gasteiger partial charge in [0.05, 0.1) is 30.3 Å². The van der Waals surface area contributed by atoms with Crippen LogP contribution in [0.15, 0.2) is 39.3 Å². The third-order valence-electron chi connectivity index (χ3n) is 3.17. The minimum absolute atomic E-state index is 0.0708. The van der Waals surface area contributed by atoms with Gasteiger partial charge < -0.3 is 14.6 Å². The molecule has 118 valence electrons. The van der Waals surface area contributed by atoms with E-state index in [-0.39, 0.29) is 5.75 Å². The van der Waals surface area contributed by atoms with Crippen LogP contribution in [0.3, 0.4) is 0 Å². The average Bonchev–Trinajstić information content (AvgIpc) is 2.56. The maximum absolute atomic E-state index is 10.1. The molecule has 0 spiro atoms. The van der Waals surface area contributed by atoms with Gasteiger partial charge in [0, 0.05) is 10.0 Å². The highest BCUT2D eigenvalue weighted by molar-refractivity contribution is 9.11. The van der Waals surface area contributed by atoms with Crippen molar-refractivity contribution in [3.05, 3.63) is 50.4 Å². The zero-order valence-electron chi connectivity index (χ0n) is 12.4. The molecule has 0 bridgehead atoms. The predicted octanol–water partition coefficient (Wildman–Crippen LogP) is 5.00. The van der Waals surface area contributed by atoms with Crippen molar-refractivity contribution in [3.63, 3.8) is 0 Å². The number of aromatic hydroxyl groups is 1. The smallest absolute Gasteiger partial charge is 0.161 e. The van der Waals surface area contributed by atoms with Gasteiger partial charge >= 0.3 is 0 Å². The number of ether oxygens (including phenoxy) is 2. The van der Waals surface area contributed by atoms with Gasteiger partial charge in [-0.2, -0.15) is 5.26 Å². The van der Waals surface area contributed by atoms with E-state index in [0.717, 1.165) is 4.47 Å². The predicted molar refractivity (Wildman–Crippen MR) is 96.5 cm³/mol. The molecule has 0 radical (unpaired) electrons. The van der Waals surface area contributed by atoms with Crippen LogP contribution in [0.4, 0.5) is 0 Å². The molecule has 0 saturated carbocycles. The van der Waals surface area contributed by atoms with E-state index in [1.54, 1.807) is 43.5 Å². The second kappa shape index (κ2) is 7.53. The van der Waals surface area contributed by atoms with Crippen molar-refractivity contribution < 1.29 is 14.6 Å². The molecule has 6 heteroatoms. The second-order valence-electron chi connectivity index (χ2n) is 4.57. The van der Waals surface area contributed by atoms with Gasteiger partial charge in [-0.1, -0.05) is 15.9 Å². The molecule has 2 aromatic rings. The molecule has 0 aliphatic rings. The Morgan fingerprint density at radius 2 is 1.83 bits per heavy atom. The highest BCUT2D eigenvalue weighted by atomic mass is 79.9. The molecule has 4 nitrogen and oxygen atoms in total. The van der Waals surface area contributed by atoms with Crippen LogP contribution in [0.25, 0.3) is 11.6 Å². The van der Waals surface area contributed by atoms with Gasteiger partial charge in [0.2, 0.25) is 0 Å². The molecule has 1 N–H and O–H groups in total. The SMILES string of the molecule is COc1ccc(/C(C#N)=C/c2cc(Br)cc(Br)c2O)cc1OC. The number of halogens is 2. The first-order valence-electron chi connectivity index (χ1n) is 6.52. The number of phenols is 1. The summed E-state index contributed by atoms with van der Waals surface area (Å²) in [5.41, 5.74) is 1.59. The molecule has 0 heterocycles. The zero-order valence-corrected chi connectivity index (χ0v) is 15.6. The molecule has 23 heavy (non-hydrogen) atoms. The maximum atomic E-state index is 10.1. The van der Waals surface area contributed by atoms with E-state index >= 15 is 0 Å². The molecule has 0 atom stereocenters. The van der Waals surface area contributed by atoms with E-state index in [2.05, 4.69) is 37.9 Å². The van der Waals surface area contributed by atoms with Gasteiger partial charge in [-0.05, 0) is 57.9 Å². The summed E-state index contributed by atoms with van der Waals surface area (Å²) in [6.07, 6.45) is 1.62. The molecule has 0 aliphatic carbocycles. The quantitative estimate of drug-likeness (QED) is 0.539. The molecule has 2 rings (SSSR count). The molecule has 2 aromatic carbocycles. The van der Waals surface area contributed by atoms with Crippen LogP contribution in [0.5, 0.6) is 17.2 Å². The van der Waals surface area contributed by atoms with Crippen LogP contribution in [0.1, 0.15) is 11.1 Å². The zero-order chi connectivity index (χ0) is 17.0. The highest BCUT2D eigenvalue weighted by Crippen LogP contribution is 2.35. The maximum Gasteiger partial charge on any atom is 0.161 e. The fraction of sp³-hybridized carbons (Fsp3) is 0.118. The number of nitriles is 1. The number of methoxy groups -OCH3 is 2. The minimum atomic E-state index is 0.0708. The normalized spacial score (nSPS) is 11.0. The Hall–Kier alpha value is -1.97. The first kappa shape index (κ1) is 17.4. The lowest BCUT2D eigenvalue weighted by molar-refractivity contribution is 0.355. The first-order chi connectivity index (χ1) is 11.0. The lowest BCUT2D eigenvalue weighted by Crippen LogP contribution is -1.92. The Labute approximate surface area is 151 Å². The van der Waals surface area contributed by atoms with E-state index < -0.39 is 0 Å². The van der Waals surface area contributed by atoms with Gasteiger partial charge in [-0.25, -0.2) is 0 Å². The van der Waals surface area contributed by atoms with Gasteiger partial charge in [0.25, 0.3) is 0 Å². The van der Waals surface area contributed by atoms with Gasteiger partial charge in [-0.15, -0.1) is 0 Å². The Kier molecular flexibility index (Phi) is 5.69. The van der Waals surface area contributed by atoms with Crippen LogP contribution in [0, 0.1) is 11.3 Å². The number of hydrogen-bond donors (Lipinski definition) is 1. The summed E-state index contributed by atoms with van der Waals surface area (Å²) < 4.78 is 11.8. The third-order valence-corrected chi connectivity index (χ3v) is 4.23. The van der Waals surface area contributed by atoms with Gasteiger partial charge in [0.15, 0.2) is 11.5 Å². The highest BCUT2D eigenvalue weighted by Gasteiger charge is 2.11. The molecule has 0 aliphatic heterocycles. The van der Waals surface area contributed by atoms with Crippen molar-refractivity contribution in [2.45, 2.75) is 0 Å². The Bertz CT molecular complexity index is 810. The van der Waals surface area contributed by atoms with Crippen molar-refractivity contribution in [1.29, 1.82) is 5.26 Å². The van der Waals surface area contributed by atoms with Crippen molar-refractivity contribution >= 4 is 43.5 Å². The van der Waals surface area contributed by atoms with Crippen molar-refractivity contribution in [1.82, 2.24) is 0 Å². The van der Waals surface area contributed by atoms with E-state index in [4.69, 9.17) is 9.47 Å². The van der Waals surface area contributed by atoms with E-state index in [9.17, 15) is 10.4 Å². The van der Waals surface area contributed by atoms with Crippen LogP contribution in [0.2, 0.25) is 0 Å². The van der Waals surface area contributed by atoms with Crippen LogP contribution >= 0.6 is 31.9 Å². The molecule has 0 unspecified atom stereocenters. The molecular weight excluding hydrogens is 426 g/mol. The monoisotopic (exact) mass is 437 g/mol. The van der Waals surface area contributed by atoms with E-state index in [0.29, 0.717) is 32.7 Å². The lowest BCUT2D eigenvalue weighted by atomic mass is 10.0. The number of nitrogens with zero attached hydrogens (tertiary/aromatic N) is 1. The Morgan fingerprint density at radius 3 is 2.43 bits per heavy atom. The van der Waals surface area contributed by atoms with Crippen molar-refractivity contribution in [2.75, 3.05) is 14.2 Å².